The second-order valence-corrected chi connectivity index (χ2v) is 4.24. The first-order valence-electron chi connectivity index (χ1n) is 5.70. The Balaban J connectivity index is 2.43. The van der Waals surface area contributed by atoms with E-state index in [-0.39, 0.29) is 5.75 Å². The average molecular weight is 239 g/mol. The number of phenols is 1. The van der Waals surface area contributed by atoms with E-state index < -0.39 is 0 Å². The fourth-order valence-electron chi connectivity index (χ4n) is 2.21. The molecule has 0 bridgehead atoms. The zero-order valence-corrected chi connectivity index (χ0v) is 9.96. The van der Waals surface area contributed by atoms with Gasteiger partial charge < -0.3 is 10.8 Å². The average Bonchev–Trinajstić information content (AvgIpc) is 2.68. The lowest BCUT2D eigenvalue weighted by Crippen LogP contribution is -2.01. The molecule has 3 rings (SSSR count). The van der Waals surface area contributed by atoms with Gasteiger partial charge in [0.1, 0.15) is 5.75 Å². The van der Waals surface area contributed by atoms with Crippen LogP contribution in [0.3, 0.4) is 0 Å². The van der Waals surface area contributed by atoms with E-state index >= 15 is 0 Å². The first-order chi connectivity index (χ1) is 8.68. The fourth-order valence-corrected chi connectivity index (χ4v) is 2.21. The molecule has 0 aliphatic carbocycles. The van der Waals surface area contributed by atoms with Crippen molar-refractivity contribution in [2.24, 2.45) is 0 Å². The lowest BCUT2D eigenvalue weighted by Gasteiger charge is -2.09. The standard InChI is InChI=1S/C14H13N3O/c1-9-5-4-6-10-13(9)17(14(15)16-10)11-7-2-3-8-12(11)18/h2-8,18H,1H3,(H2,15,16). The highest BCUT2D eigenvalue weighted by atomic mass is 16.3. The number of anilines is 1. The number of aromatic hydroxyl groups is 1. The molecule has 4 nitrogen and oxygen atoms in total. The molecule has 4 heteroatoms. The van der Waals surface area contributed by atoms with Crippen LogP contribution in [0.15, 0.2) is 42.5 Å². The predicted octanol–water partition coefficient (Wildman–Crippen LogP) is 2.62. The van der Waals surface area contributed by atoms with Gasteiger partial charge in [-0.2, -0.15) is 0 Å². The van der Waals surface area contributed by atoms with Crippen LogP contribution in [0, 0.1) is 6.92 Å². The molecule has 3 aromatic rings. The molecule has 3 N–H and O–H groups in total. The molecule has 0 saturated heterocycles. The predicted molar refractivity (Wildman–Crippen MR) is 71.9 cm³/mol. The largest absolute Gasteiger partial charge is 0.506 e. The number of fused-ring (bicyclic) bond motifs is 1. The van der Waals surface area contributed by atoms with Crippen molar-refractivity contribution in [3.63, 3.8) is 0 Å². The third-order valence-corrected chi connectivity index (χ3v) is 3.03. The molecule has 0 atom stereocenters. The molecule has 90 valence electrons. The van der Waals surface area contributed by atoms with Crippen LogP contribution in [-0.2, 0) is 0 Å². The van der Waals surface area contributed by atoms with E-state index in [1.54, 1.807) is 16.7 Å². The van der Waals surface area contributed by atoms with Crippen LogP contribution in [-0.4, -0.2) is 14.7 Å². The van der Waals surface area contributed by atoms with Gasteiger partial charge in [0.05, 0.1) is 16.7 Å². The van der Waals surface area contributed by atoms with Gasteiger partial charge in [0.15, 0.2) is 0 Å². The van der Waals surface area contributed by atoms with Crippen LogP contribution in [0.25, 0.3) is 16.7 Å². The van der Waals surface area contributed by atoms with Crippen molar-refractivity contribution in [3.05, 3.63) is 48.0 Å². The summed E-state index contributed by atoms with van der Waals surface area (Å²) in [6, 6.07) is 13.0. The number of para-hydroxylation sites is 3. The summed E-state index contributed by atoms with van der Waals surface area (Å²) in [7, 11) is 0. The number of nitrogen functional groups attached to an aromatic ring is 1. The minimum absolute atomic E-state index is 0.187. The van der Waals surface area contributed by atoms with Crippen molar-refractivity contribution in [1.82, 2.24) is 9.55 Å². The van der Waals surface area contributed by atoms with Crippen molar-refractivity contribution in [3.8, 4) is 11.4 Å². The van der Waals surface area contributed by atoms with Crippen molar-refractivity contribution in [1.29, 1.82) is 0 Å². The third-order valence-electron chi connectivity index (χ3n) is 3.03. The van der Waals surface area contributed by atoms with Crippen LogP contribution < -0.4 is 5.73 Å². The van der Waals surface area contributed by atoms with E-state index in [9.17, 15) is 5.11 Å². The Labute approximate surface area is 104 Å². The summed E-state index contributed by atoms with van der Waals surface area (Å²) in [6.45, 7) is 2.00. The van der Waals surface area contributed by atoms with Crippen LogP contribution >= 0.6 is 0 Å². The minimum atomic E-state index is 0.187. The van der Waals surface area contributed by atoms with Crippen molar-refractivity contribution in [2.45, 2.75) is 6.92 Å². The number of hydrogen-bond donors (Lipinski definition) is 2. The maximum absolute atomic E-state index is 9.95. The Morgan fingerprint density at radius 1 is 1.11 bits per heavy atom. The Morgan fingerprint density at radius 3 is 2.67 bits per heavy atom. The Hall–Kier alpha value is -2.49. The molecule has 0 amide bonds. The number of benzene rings is 2. The van der Waals surface area contributed by atoms with Gasteiger partial charge in [-0.3, -0.25) is 4.57 Å². The molecular weight excluding hydrogens is 226 g/mol. The Morgan fingerprint density at radius 2 is 1.89 bits per heavy atom. The highest BCUT2D eigenvalue weighted by Crippen LogP contribution is 2.30. The van der Waals surface area contributed by atoms with Gasteiger partial charge in [0.25, 0.3) is 0 Å². The second kappa shape index (κ2) is 3.77. The topological polar surface area (TPSA) is 64.1 Å². The van der Waals surface area contributed by atoms with Crippen molar-refractivity contribution < 1.29 is 5.11 Å². The van der Waals surface area contributed by atoms with Gasteiger partial charge >= 0.3 is 0 Å². The van der Waals surface area contributed by atoms with E-state index in [0.717, 1.165) is 16.6 Å². The Kier molecular flexibility index (Phi) is 2.23. The summed E-state index contributed by atoms with van der Waals surface area (Å²) in [6.07, 6.45) is 0. The van der Waals surface area contributed by atoms with Crippen molar-refractivity contribution >= 4 is 17.0 Å². The van der Waals surface area contributed by atoms with Gasteiger partial charge in [-0.15, -0.1) is 0 Å². The minimum Gasteiger partial charge on any atom is -0.506 e. The summed E-state index contributed by atoms with van der Waals surface area (Å²) in [4.78, 5) is 4.32. The molecule has 0 unspecified atom stereocenters. The zero-order chi connectivity index (χ0) is 12.7. The van der Waals surface area contributed by atoms with Gasteiger partial charge in [-0.25, -0.2) is 4.98 Å². The third kappa shape index (κ3) is 1.43. The summed E-state index contributed by atoms with van der Waals surface area (Å²) in [5.41, 5.74) is 9.44. The molecule has 1 aromatic heterocycles. The second-order valence-electron chi connectivity index (χ2n) is 4.24. The normalized spacial score (nSPS) is 10.9. The first kappa shape index (κ1) is 10.7. The van der Waals surface area contributed by atoms with Crippen LogP contribution in [0.1, 0.15) is 5.56 Å². The number of nitrogens with two attached hydrogens (primary N) is 1. The summed E-state index contributed by atoms with van der Waals surface area (Å²) < 4.78 is 1.78. The van der Waals surface area contributed by atoms with Crippen LogP contribution in [0.5, 0.6) is 5.75 Å². The van der Waals surface area contributed by atoms with E-state index in [1.807, 2.05) is 37.3 Å². The SMILES string of the molecule is Cc1cccc2nc(N)n(-c3ccccc3O)c12. The lowest BCUT2D eigenvalue weighted by molar-refractivity contribution is 0.473. The maximum atomic E-state index is 9.95. The fraction of sp³-hybridized carbons (Fsp3) is 0.0714. The van der Waals surface area contributed by atoms with E-state index in [0.29, 0.717) is 11.6 Å². The van der Waals surface area contributed by atoms with Gasteiger partial charge in [-0.1, -0.05) is 24.3 Å². The number of rotatable bonds is 1. The molecule has 0 aliphatic rings. The number of imidazole rings is 1. The molecule has 0 saturated carbocycles. The Bertz CT molecular complexity index is 731. The monoisotopic (exact) mass is 239 g/mol. The highest BCUT2D eigenvalue weighted by molar-refractivity contribution is 5.84. The molecule has 18 heavy (non-hydrogen) atoms. The molecule has 0 spiro atoms. The first-order valence-corrected chi connectivity index (χ1v) is 5.70. The molecule has 2 aromatic carbocycles. The highest BCUT2D eigenvalue weighted by Gasteiger charge is 2.13. The van der Waals surface area contributed by atoms with E-state index in [2.05, 4.69) is 4.98 Å². The number of nitrogens with zero attached hydrogens (tertiary/aromatic N) is 2. The number of hydrogen-bond acceptors (Lipinski definition) is 3. The summed E-state index contributed by atoms with van der Waals surface area (Å²) in [5, 5.41) is 9.95. The summed E-state index contributed by atoms with van der Waals surface area (Å²) >= 11 is 0. The van der Waals surface area contributed by atoms with E-state index in [1.165, 1.54) is 0 Å². The molecule has 1 heterocycles. The summed E-state index contributed by atoms with van der Waals surface area (Å²) in [5.74, 6) is 0.563. The number of phenolic OH excluding ortho intramolecular Hbond substituents is 1. The molecule has 0 fully saturated rings. The molecular formula is C14H13N3O. The smallest absolute Gasteiger partial charge is 0.206 e. The number of aromatic nitrogens is 2. The lowest BCUT2D eigenvalue weighted by atomic mass is 10.2. The zero-order valence-electron chi connectivity index (χ0n) is 9.96. The van der Waals surface area contributed by atoms with Gasteiger partial charge in [0, 0.05) is 0 Å². The molecule has 0 aliphatic heterocycles. The maximum Gasteiger partial charge on any atom is 0.206 e. The quantitative estimate of drug-likeness (QED) is 0.686. The molecule has 0 radical (unpaired) electrons. The van der Waals surface area contributed by atoms with Crippen LogP contribution in [0.4, 0.5) is 5.95 Å². The van der Waals surface area contributed by atoms with Crippen molar-refractivity contribution in [2.75, 3.05) is 5.73 Å². The van der Waals surface area contributed by atoms with E-state index in [4.69, 9.17) is 5.73 Å². The van der Waals surface area contributed by atoms with Gasteiger partial charge in [0.2, 0.25) is 5.95 Å². The number of aryl methyl sites for hydroxylation is 1. The van der Waals surface area contributed by atoms with Crippen LogP contribution in [0.2, 0.25) is 0 Å². The van der Waals surface area contributed by atoms with Gasteiger partial charge in [-0.05, 0) is 30.7 Å².